The molecule has 0 fully saturated rings. The Hall–Kier alpha value is -2.62. The van der Waals surface area contributed by atoms with Gasteiger partial charge in [-0.05, 0) is 41.2 Å². The molecule has 0 aliphatic carbocycles. The third kappa shape index (κ3) is 4.69. The van der Waals surface area contributed by atoms with E-state index >= 15 is 0 Å². The van der Waals surface area contributed by atoms with Crippen molar-refractivity contribution in [2.75, 3.05) is 5.32 Å². The van der Waals surface area contributed by atoms with E-state index in [1.807, 2.05) is 55.5 Å². The van der Waals surface area contributed by atoms with Crippen molar-refractivity contribution in [1.29, 1.82) is 0 Å². The van der Waals surface area contributed by atoms with Crippen LogP contribution in [0.15, 0.2) is 48.5 Å². The monoisotopic (exact) mass is 324 g/mol. The predicted molar refractivity (Wildman–Crippen MR) is 96.8 cm³/mol. The van der Waals surface area contributed by atoms with Crippen molar-refractivity contribution in [3.8, 4) is 0 Å². The van der Waals surface area contributed by atoms with Gasteiger partial charge in [0.05, 0.1) is 0 Å². The van der Waals surface area contributed by atoms with Crippen molar-refractivity contribution in [1.82, 2.24) is 5.32 Å². The molecule has 126 valence electrons. The Balaban J connectivity index is 1.92. The van der Waals surface area contributed by atoms with E-state index in [9.17, 15) is 9.59 Å². The van der Waals surface area contributed by atoms with Crippen LogP contribution in [0.5, 0.6) is 0 Å². The first-order valence-electron chi connectivity index (χ1n) is 8.01. The van der Waals surface area contributed by atoms with E-state index in [0.29, 0.717) is 12.2 Å². The SMILES string of the molecule is Cc1ccccc1CNC(=O)C(=O)Nc1ccc(C(C)(C)C)cc1. The Labute approximate surface area is 143 Å². The van der Waals surface area contributed by atoms with Gasteiger partial charge < -0.3 is 10.6 Å². The topological polar surface area (TPSA) is 58.2 Å². The fourth-order valence-corrected chi connectivity index (χ4v) is 2.31. The molecule has 2 rings (SSSR count). The van der Waals surface area contributed by atoms with E-state index in [4.69, 9.17) is 0 Å². The summed E-state index contributed by atoms with van der Waals surface area (Å²) < 4.78 is 0. The average molecular weight is 324 g/mol. The van der Waals surface area contributed by atoms with Crippen molar-refractivity contribution < 1.29 is 9.59 Å². The third-order valence-electron chi connectivity index (χ3n) is 3.92. The Bertz CT molecular complexity index is 728. The summed E-state index contributed by atoms with van der Waals surface area (Å²) in [6, 6.07) is 15.3. The van der Waals surface area contributed by atoms with Crippen LogP contribution in [0.4, 0.5) is 5.69 Å². The molecule has 2 aromatic rings. The molecule has 2 aromatic carbocycles. The number of amides is 2. The number of benzene rings is 2. The lowest BCUT2D eigenvalue weighted by Crippen LogP contribution is -2.35. The van der Waals surface area contributed by atoms with Crippen molar-refractivity contribution in [2.24, 2.45) is 0 Å². The van der Waals surface area contributed by atoms with Crippen LogP contribution in [0.1, 0.15) is 37.5 Å². The van der Waals surface area contributed by atoms with Gasteiger partial charge >= 0.3 is 11.8 Å². The zero-order chi connectivity index (χ0) is 17.7. The van der Waals surface area contributed by atoms with E-state index in [1.165, 1.54) is 5.56 Å². The van der Waals surface area contributed by atoms with Gasteiger partial charge in [0.1, 0.15) is 0 Å². The summed E-state index contributed by atoms with van der Waals surface area (Å²) in [5, 5.41) is 5.26. The molecule has 0 aliphatic heterocycles. The molecule has 0 aromatic heterocycles. The molecule has 4 heteroatoms. The number of carbonyl (C=O) groups is 2. The highest BCUT2D eigenvalue weighted by Gasteiger charge is 2.16. The van der Waals surface area contributed by atoms with Crippen LogP contribution < -0.4 is 10.6 Å². The molecule has 0 heterocycles. The highest BCUT2D eigenvalue weighted by atomic mass is 16.2. The second-order valence-electron chi connectivity index (χ2n) is 6.89. The van der Waals surface area contributed by atoms with Gasteiger partial charge in [0.15, 0.2) is 0 Å². The minimum absolute atomic E-state index is 0.0491. The summed E-state index contributed by atoms with van der Waals surface area (Å²) in [7, 11) is 0. The summed E-state index contributed by atoms with van der Waals surface area (Å²) in [6.07, 6.45) is 0. The lowest BCUT2D eigenvalue weighted by Gasteiger charge is -2.19. The first-order chi connectivity index (χ1) is 11.3. The molecule has 0 saturated heterocycles. The fourth-order valence-electron chi connectivity index (χ4n) is 2.31. The van der Waals surface area contributed by atoms with Gasteiger partial charge in [-0.2, -0.15) is 0 Å². The number of anilines is 1. The molecule has 2 amide bonds. The van der Waals surface area contributed by atoms with Crippen LogP contribution in [-0.2, 0) is 21.5 Å². The summed E-state index contributed by atoms with van der Waals surface area (Å²) >= 11 is 0. The smallest absolute Gasteiger partial charge is 0.313 e. The molecule has 0 atom stereocenters. The molecule has 0 aliphatic rings. The van der Waals surface area contributed by atoms with Crippen LogP contribution in [0.3, 0.4) is 0 Å². The van der Waals surface area contributed by atoms with Crippen molar-refractivity contribution >= 4 is 17.5 Å². The number of aryl methyl sites for hydroxylation is 1. The van der Waals surface area contributed by atoms with Crippen LogP contribution in [0, 0.1) is 6.92 Å². The van der Waals surface area contributed by atoms with Gasteiger partial charge in [0.2, 0.25) is 0 Å². The minimum Gasteiger partial charge on any atom is -0.344 e. The third-order valence-corrected chi connectivity index (χ3v) is 3.92. The molecule has 2 N–H and O–H groups in total. The molecule has 0 bridgehead atoms. The number of hydrogen-bond donors (Lipinski definition) is 2. The van der Waals surface area contributed by atoms with E-state index in [2.05, 4.69) is 31.4 Å². The molecule has 4 nitrogen and oxygen atoms in total. The van der Waals surface area contributed by atoms with Crippen molar-refractivity contribution in [3.63, 3.8) is 0 Å². The fraction of sp³-hybridized carbons (Fsp3) is 0.300. The van der Waals surface area contributed by atoms with Gasteiger partial charge in [-0.15, -0.1) is 0 Å². The molecule has 24 heavy (non-hydrogen) atoms. The molecule has 0 unspecified atom stereocenters. The number of hydrogen-bond acceptors (Lipinski definition) is 2. The maximum Gasteiger partial charge on any atom is 0.313 e. The van der Waals surface area contributed by atoms with Crippen LogP contribution >= 0.6 is 0 Å². The normalized spacial score (nSPS) is 11.0. The molecular weight excluding hydrogens is 300 g/mol. The maximum atomic E-state index is 12.0. The molecule has 0 saturated carbocycles. The Morgan fingerprint density at radius 2 is 1.54 bits per heavy atom. The zero-order valence-corrected chi connectivity index (χ0v) is 14.6. The predicted octanol–water partition coefficient (Wildman–Crippen LogP) is 3.55. The largest absolute Gasteiger partial charge is 0.344 e. The number of nitrogens with one attached hydrogen (secondary N) is 2. The van der Waals surface area contributed by atoms with Gasteiger partial charge in [0.25, 0.3) is 0 Å². The van der Waals surface area contributed by atoms with E-state index < -0.39 is 11.8 Å². The Morgan fingerprint density at radius 3 is 2.12 bits per heavy atom. The van der Waals surface area contributed by atoms with Crippen LogP contribution in [-0.4, -0.2) is 11.8 Å². The summed E-state index contributed by atoms with van der Waals surface area (Å²) in [5.41, 5.74) is 3.90. The van der Waals surface area contributed by atoms with E-state index in [-0.39, 0.29) is 5.41 Å². The highest BCUT2D eigenvalue weighted by Crippen LogP contribution is 2.23. The van der Waals surface area contributed by atoms with Crippen molar-refractivity contribution in [2.45, 2.75) is 39.7 Å². The summed E-state index contributed by atoms with van der Waals surface area (Å²) in [6.45, 7) is 8.68. The second kappa shape index (κ2) is 7.30. The van der Waals surface area contributed by atoms with Crippen LogP contribution in [0.25, 0.3) is 0 Å². The van der Waals surface area contributed by atoms with Gasteiger partial charge in [0, 0.05) is 12.2 Å². The zero-order valence-electron chi connectivity index (χ0n) is 14.6. The molecule has 0 spiro atoms. The van der Waals surface area contributed by atoms with Gasteiger partial charge in [-0.3, -0.25) is 9.59 Å². The first kappa shape index (κ1) is 17.7. The average Bonchev–Trinajstić information content (AvgIpc) is 2.53. The van der Waals surface area contributed by atoms with Gasteiger partial charge in [-0.1, -0.05) is 57.2 Å². The van der Waals surface area contributed by atoms with Crippen LogP contribution in [0.2, 0.25) is 0 Å². The lowest BCUT2D eigenvalue weighted by atomic mass is 9.87. The minimum atomic E-state index is -0.660. The molecular formula is C20H24N2O2. The van der Waals surface area contributed by atoms with Gasteiger partial charge in [-0.25, -0.2) is 0 Å². The van der Waals surface area contributed by atoms with Crippen molar-refractivity contribution in [3.05, 3.63) is 65.2 Å². The lowest BCUT2D eigenvalue weighted by molar-refractivity contribution is -0.136. The van der Waals surface area contributed by atoms with E-state index in [1.54, 1.807) is 0 Å². The van der Waals surface area contributed by atoms with E-state index in [0.717, 1.165) is 11.1 Å². The summed E-state index contributed by atoms with van der Waals surface area (Å²) in [4.78, 5) is 23.9. The standard InChI is InChI=1S/C20H24N2O2/c1-14-7-5-6-8-15(14)13-21-18(23)19(24)22-17-11-9-16(10-12-17)20(2,3)4/h5-12H,13H2,1-4H3,(H,21,23)(H,22,24). The highest BCUT2D eigenvalue weighted by molar-refractivity contribution is 6.39. The quantitative estimate of drug-likeness (QED) is 0.848. The Kier molecular flexibility index (Phi) is 5.39. The maximum absolute atomic E-state index is 12.0. The first-order valence-corrected chi connectivity index (χ1v) is 8.01. The number of carbonyl (C=O) groups excluding carboxylic acids is 2. The molecule has 0 radical (unpaired) electrons. The number of rotatable bonds is 3. The summed E-state index contributed by atoms with van der Waals surface area (Å²) in [5.74, 6) is -1.30. The Morgan fingerprint density at radius 1 is 0.917 bits per heavy atom. The second-order valence-corrected chi connectivity index (χ2v) is 6.89.